The van der Waals surface area contributed by atoms with Crippen molar-refractivity contribution in [3.63, 3.8) is 0 Å². The number of para-hydroxylation sites is 1. The minimum atomic E-state index is -0.673. The van der Waals surface area contributed by atoms with Crippen LogP contribution in [0.2, 0.25) is 0 Å². The summed E-state index contributed by atoms with van der Waals surface area (Å²) in [7, 11) is 0. The summed E-state index contributed by atoms with van der Waals surface area (Å²) in [5.41, 5.74) is 0.450. The molecule has 0 heterocycles. The Labute approximate surface area is 117 Å². The molecule has 0 aliphatic carbocycles. The number of nitro benzene ring substituents is 1. The molecular weight excluding hydrogens is 317 g/mol. The standard InChI is InChI=1S/C13H9BrFNO3/c14-8-9-3-1-2-4-12(9)19-13-6-5-10(15)7-11(13)16(17)18/h1-7H,8H2. The molecule has 0 unspecified atom stereocenters. The minimum absolute atomic E-state index is 0.0137. The van der Waals surface area contributed by atoms with Crippen molar-refractivity contribution in [2.45, 2.75) is 5.33 Å². The van der Waals surface area contributed by atoms with Gasteiger partial charge in [-0.1, -0.05) is 34.1 Å². The number of benzene rings is 2. The number of halogens is 2. The second-order valence-electron chi connectivity index (χ2n) is 3.71. The van der Waals surface area contributed by atoms with Gasteiger partial charge >= 0.3 is 5.69 Å². The van der Waals surface area contributed by atoms with Crippen molar-refractivity contribution in [1.29, 1.82) is 0 Å². The van der Waals surface area contributed by atoms with Crippen molar-refractivity contribution >= 4 is 21.6 Å². The van der Waals surface area contributed by atoms with Crippen LogP contribution < -0.4 is 4.74 Å². The molecule has 0 atom stereocenters. The minimum Gasteiger partial charge on any atom is -0.450 e. The third kappa shape index (κ3) is 3.08. The average Bonchev–Trinajstić information content (AvgIpc) is 2.41. The highest BCUT2D eigenvalue weighted by Crippen LogP contribution is 2.33. The van der Waals surface area contributed by atoms with E-state index in [2.05, 4.69) is 15.9 Å². The summed E-state index contributed by atoms with van der Waals surface area (Å²) in [6, 6.07) is 10.3. The summed E-state index contributed by atoms with van der Waals surface area (Å²) in [4.78, 5) is 10.2. The highest BCUT2D eigenvalue weighted by Gasteiger charge is 2.17. The zero-order valence-corrected chi connectivity index (χ0v) is 11.3. The Morgan fingerprint density at radius 2 is 1.95 bits per heavy atom. The third-order valence-electron chi connectivity index (χ3n) is 2.45. The lowest BCUT2D eigenvalue weighted by Gasteiger charge is -2.09. The van der Waals surface area contributed by atoms with Crippen LogP contribution >= 0.6 is 15.9 Å². The van der Waals surface area contributed by atoms with Gasteiger partial charge in [0.25, 0.3) is 0 Å². The van der Waals surface area contributed by atoms with Crippen molar-refractivity contribution in [3.05, 3.63) is 64.0 Å². The van der Waals surface area contributed by atoms with E-state index >= 15 is 0 Å². The van der Waals surface area contributed by atoms with Gasteiger partial charge in [-0.3, -0.25) is 10.1 Å². The van der Waals surface area contributed by atoms with Crippen LogP contribution in [0.5, 0.6) is 11.5 Å². The number of hydrogen-bond donors (Lipinski definition) is 0. The summed E-state index contributed by atoms with van der Waals surface area (Å²) in [5, 5.41) is 11.4. The molecule has 2 aromatic rings. The van der Waals surface area contributed by atoms with Gasteiger partial charge in [0.1, 0.15) is 11.6 Å². The fraction of sp³-hybridized carbons (Fsp3) is 0.0769. The number of rotatable bonds is 4. The Balaban J connectivity index is 2.41. The van der Waals surface area contributed by atoms with E-state index < -0.39 is 16.4 Å². The maximum absolute atomic E-state index is 13.0. The van der Waals surface area contributed by atoms with Crippen LogP contribution in [-0.2, 0) is 5.33 Å². The van der Waals surface area contributed by atoms with Crippen molar-refractivity contribution in [2.75, 3.05) is 0 Å². The van der Waals surface area contributed by atoms with E-state index in [4.69, 9.17) is 4.74 Å². The summed E-state index contributed by atoms with van der Waals surface area (Å²) < 4.78 is 18.5. The second kappa shape index (κ2) is 5.79. The lowest BCUT2D eigenvalue weighted by atomic mass is 10.2. The maximum Gasteiger partial charge on any atom is 0.314 e. The fourth-order valence-corrected chi connectivity index (χ4v) is 2.02. The Kier molecular flexibility index (Phi) is 4.11. The summed E-state index contributed by atoms with van der Waals surface area (Å²) in [6.45, 7) is 0. The van der Waals surface area contributed by atoms with Crippen molar-refractivity contribution in [1.82, 2.24) is 0 Å². The lowest BCUT2D eigenvalue weighted by molar-refractivity contribution is -0.385. The molecule has 98 valence electrons. The summed E-state index contributed by atoms with van der Waals surface area (Å²) in [5.74, 6) is -0.165. The molecule has 0 radical (unpaired) electrons. The zero-order valence-electron chi connectivity index (χ0n) is 9.68. The SMILES string of the molecule is O=[N+]([O-])c1cc(F)ccc1Oc1ccccc1CBr. The van der Waals surface area contributed by atoms with Gasteiger partial charge in [0.15, 0.2) is 0 Å². The molecule has 0 bridgehead atoms. The van der Waals surface area contributed by atoms with Gasteiger partial charge in [0.05, 0.1) is 11.0 Å². The first kappa shape index (κ1) is 13.5. The van der Waals surface area contributed by atoms with E-state index in [1.807, 2.05) is 12.1 Å². The predicted molar refractivity (Wildman–Crippen MR) is 72.2 cm³/mol. The molecule has 4 nitrogen and oxygen atoms in total. The third-order valence-corrected chi connectivity index (χ3v) is 3.06. The molecule has 0 aromatic heterocycles. The van der Waals surface area contributed by atoms with Crippen LogP contribution in [0.1, 0.15) is 5.56 Å². The Morgan fingerprint density at radius 3 is 2.63 bits per heavy atom. The van der Waals surface area contributed by atoms with E-state index in [1.54, 1.807) is 12.1 Å². The molecule has 2 aromatic carbocycles. The molecule has 19 heavy (non-hydrogen) atoms. The highest BCUT2D eigenvalue weighted by molar-refractivity contribution is 9.08. The number of nitro groups is 1. The second-order valence-corrected chi connectivity index (χ2v) is 4.27. The topological polar surface area (TPSA) is 52.4 Å². The molecule has 0 fully saturated rings. The molecule has 0 spiro atoms. The Morgan fingerprint density at radius 1 is 1.21 bits per heavy atom. The first-order valence-corrected chi connectivity index (χ1v) is 6.49. The van der Waals surface area contributed by atoms with E-state index in [0.717, 1.165) is 17.7 Å². The largest absolute Gasteiger partial charge is 0.450 e. The van der Waals surface area contributed by atoms with Crippen molar-refractivity contribution < 1.29 is 14.1 Å². The van der Waals surface area contributed by atoms with E-state index in [1.165, 1.54) is 6.07 Å². The summed E-state index contributed by atoms with van der Waals surface area (Å²) >= 11 is 3.31. The molecule has 0 saturated carbocycles. The van der Waals surface area contributed by atoms with E-state index in [9.17, 15) is 14.5 Å². The average molecular weight is 326 g/mol. The maximum atomic E-state index is 13.0. The molecule has 0 N–H and O–H groups in total. The molecule has 0 aliphatic heterocycles. The molecule has 0 saturated heterocycles. The van der Waals surface area contributed by atoms with E-state index in [-0.39, 0.29) is 5.75 Å². The normalized spacial score (nSPS) is 10.2. The van der Waals surface area contributed by atoms with Crippen LogP contribution in [0, 0.1) is 15.9 Å². The van der Waals surface area contributed by atoms with Gasteiger partial charge in [0.2, 0.25) is 5.75 Å². The first-order valence-electron chi connectivity index (χ1n) is 5.37. The van der Waals surface area contributed by atoms with Crippen LogP contribution in [0.15, 0.2) is 42.5 Å². The van der Waals surface area contributed by atoms with Crippen molar-refractivity contribution in [3.8, 4) is 11.5 Å². The smallest absolute Gasteiger partial charge is 0.314 e. The van der Waals surface area contributed by atoms with Gasteiger partial charge in [-0.2, -0.15) is 0 Å². The van der Waals surface area contributed by atoms with Crippen molar-refractivity contribution in [2.24, 2.45) is 0 Å². The fourth-order valence-electron chi connectivity index (χ4n) is 1.55. The number of hydrogen-bond acceptors (Lipinski definition) is 3. The van der Waals surface area contributed by atoms with Gasteiger partial charge in [-0.05, 0) is 18.2 Å². The number of alkyl halides is 1. The molecule has 0 amide bonds. The van der Waals surface area contributed by atoms with Gasteiger partial charge in [0, 0.05) is 10.9 Å². The highest BCUT2D eigenvalue weighted by atomic mass is 79.9. The molecule has 6 heteroatoms. The van der Waals surface area contributed by atoms with Crippen LogP contribution in [-0.4, -0.2) is 4.92 Å². The van der Waals surface area contributed by atoms with Crippen LogP contribution in [0.3, 0.4) is 0 Å². The van der Waals surface area contributed by atoms with E-state index in [0.29, 0.717) is 11.1 Å². The Hall–Kier alpha value is -1.95. The van der Waals surface area contributed by atoms with Crippen LogP contribution in [0.25, 0.3) is 0 Å². The summed E-state index contributed by atoms with van der Waals surface area (Å²) in [6.07, 6.45) is 0. The van der Waals surface area contributed by atoms with Gasteiger partial charge in [-0.25, -0.2) is 4.39 Å². The van der Waals surface area contributed by atoms with Gasteiger partial charge in [-0.15, -0.1) is 0 Å². The molecular formula is C13H9BrFNO3. The predicted octanol–water partition coefficient (Wildman–Crippen LogP) is 4.42. The number of ether oxygens (including phenoxy) is 1. The monoisotopic (exact) mass is 325 g/mol. The van der Waals surface area contributed by atoms with Gasteiger partial charge < -0.3 is 4.74 Å². The quantitative estimate of drug-likeness (QED) is 0.475. The molecule has 2 rings (SSSR count). The van der Waals surface area contributed by atoms with Crippen LogP contribution in [0.4, 0.5) is 10.1 Å². The lowest BCUT2D eigenvalue weighted by Crippen LogP contribution is -1.95. The number of nitrogens with zero attached hydrogens (tertiary/aromatic N) is 1. The Bertz CT molecular complexity index is 619. The zero-order chi connectivity index (χ0) is 13.8. The first-order chi connectivity index (χ1) is 9.11. The molecule has 0 aliphatic rings.